The van der Waals surface area contributed by atoms with Crippen LogP contribution in [0.15, 0.2) is 23.1 Å². The minimum atomic E-state index is -0.110. The molecule has 0 spiro atoms. The molecule has 6 nitrogen and oxygen atoms in total. The van der Waals surface area contributed by atoms with Gasteiger partial charge in [-0.3, -0.25) is 14.4 Å². The molecule has 118 valence electrons. The Balaban J connectivity index is 1.64. The second kappa shape index (κ2) is 5.94. The van der Waals surface area contributed by atoms with Crippen LogP contribution in [0.5, 0.6) is 0 Å². The fourth-order valence-electron chi connectivity index (χ4n) is 2.80. The van der Waals surface area contributed by atoms with Gasteiger partial charge in [0.05, 0.1) is 5.56 Å². The van der Waals surface area contributed by atoms with Crippen LogP contribution in [0.2, 0.25) is 0 Å². The lowest BCUT2D eigenvalue weighted by atomic mass is 10.2. The second-order valence-corrected chi connectivity index (χ2v) is 6.11. The molecule has 0 unspecified atom stereocenters. The molecule has 2 fully saturated rings. The number of carbonyl (C=O) groups excluding carboxylic acids is 2. The maximum Gasteiger partial charge on any atom is 0.255 e. The van der Waals surface area contributed by atoms with Gasteiger partial charge in [-0.1, -0.05) is 0 Å². The second-order valence-electron chi connectivity index (χ2n) is 6.11. The quantitative estimate of drug-likeness (QED) is 0.811. The van der Waals surface area contributed by atoms with Crippen molar-refractivity contribution in [2.24, 2.45) is 0 Å². The molecule has 0 aromatic carbocycles. The Morgan fingerprint density at radius 3 is 2.73 bits per heavy atom. The van der Waals surface area contributed by atoms with E-state index in [0.29, 0.717) is 25.1 Å². The highest BCUT2D eigenvalue weighted by molar-refractivity contribution is 5.93. The summed E-state index contributed by atoms with van der Waals surface area (Å²) in [6.45, 7) is 1.86. The summed E-state index contributed by atoms with van der Waals surface area (Å²) in [5.74, 6) is 0.0594. The van der Waals surface area contributed by atoms with Crippen molar-refractivity contribution in [2.75, 3.05) is 26.7 Å². The third-order valence-electron chi connectivity index (χ3n) is 4.35. The monoisotopic (exact) mass is 303 g/mol. The molecule has 6 heteroatoms. The number of hydrogen-bond donors (Lipinski definition) is 0. The van der Waals surface area contributed by atoms with Crippen molar-refractivity contribution in [3.8, 4) is 0 Å². The van der Waals surface area contributed by atoms with Crippen molar-refractivity contribution in [1.29, 1.82) is 0 Å². The Morgan fingerprint density at radius 2 is 2.09 bits per heavy atom. The average molecular weight is 303 g/mol. The maximum absolute atomic E-state index is 12.4. The van der Waals surface area contributed by atoms with Crippen LogP contribution in [0.3, 0.4) is 0 Å². The fourth-order valence-corrected chi connectivity index (χ4v) is 2.80. The first-order valence-corrected chi connectivity index (χ1v) is 7.81. The van der Waals surface area contributed by atoms with E-state index in [1.165, 1.54) is 6.07 Å². The Hall–Kier alpha value is -2.11. The van der Waals surface area contributed by atoms with Gasteiger partial charge in [-0.05, 0) is 25.3 Å². The average Bonchev–Trinajstić information content (AvgIpc) is 3.27. The van der Waals surface area contributed by atoms with Gasteiger partial charge in [-0.15, -0.1) is 0 Å². The summed E-state index contributed by atoms with van der Waals surface area (Å²) in [5.41, 5.74) is 0.478. The number of aromatic nitrogens is 1. The SMILES string of the molecule is CN(CCN1CCCC1=O)C(=O)c1ccc(=O)n(C2CC2)c1. The van der Waals surface area contributed by atoms with Gasteiger partial charge in [0.1, 0.15) is 0 Å². The van der Waals surface area contributed by atoms with Gasteiger partial charge in [-0.2, -0.15) is 0 Å². The number of carbonyl (C=O) groups is 2. The number of amides is 2. The van der Waals surface area contributed by atoms with Gasteiger partial charge in [0.15, 0.2) is 0 Å². The molecule has 1 saturated carbocycles. The zero-order valence-electron chi connectivity index (χ0n) is 12.8. The van der Waals surface area contributed by atoms with Crippen molar-refractivity contribution in [3.05, 3.63) is 34.2 Å². The summed E-state index contributed by atoms with van der Waals surface area (Å²) in [4.78, 5) is 39.2. The van der Waals surface area contributed by atoms with E-state index in [2.05, 4.69) is 0 Å². The molecule has 1 aromatic rings. The molecule has 1 aliphatic carbocycles. The van der Waals surface area contributed by atoms with Crippen molar-refractivity contribution in [2.45, 2.75) is 31.7 Å². The van der Waals surface area contributed by atoms with E-state index < -0.39 is 0 Å². The largest absolute Gasteiger partial charge is 0.341 e. The van der Waals surface area contributed by atoms with E-state index in [1.54, 1.807) is 33.7 Å². The van der Waals surface area contributed by atoms with E-state index in [9.17, 15) is 14.4 Å². The van der Waals surface area contributed by atoms with Crippen LogP contribution in [0.1, 0.15) is 42.1 Å². The molecule has 1 aliphatic heterocycles. The van der Waals surface area contributed by atoms with Gasteiger partial charge in [0.25, 0.3) is 11.5 Å². The smallest absolute Gasteiger partial charge is 0.255 e. The highest BCUT2D eigenvalue weighted by Gasteiger charge is 2.26. The molecular weight excluding hydrogens is 282 g/mol. The summed E-state index contributed by atoms with van der Waals surface area (Å²) < 4.78 is 1.66. The van der Waals surface area contributed by atoms with Gasteiger partial charge < -0.3 is 14.4 Å². The fraction of sp³-hybridized carbons (Fsp3) is 0.562. The standard InChI is InChI=1S/C16H21N3O3/c1-17(9-10-18-8-2-3-14(18)20)16(22)12-4-7-15(21)19(11-12)13-5-6-13/h4,7,11,13H,2-3,5-6,8-10H2,1H3. The number of pyridine rings is 1. The van der Waals surface area contributed by atoms with Crippen LogP contribution in [0.4, 0.5) is 0 Å². The molecule has 0 bridgehead atoms. The first kappa shape index (κ1) is 14.8. The molecule has 3 rings (SSSR count). The Bertz CT molecular complexity index is 648. The van der Waals surface area contributed by atoms with Gasteiger partial charge in [0, 0.05) is 51.4 Å². The predicted octanol–water partition coefficient (Wildman–Crippen LogP) is 0.878. The number of rotatable bonds is 5. The Labute approximate surface area is 129 Å². The Morgan fingerprint density at radius 1 is 1.32 bits per heavy atom. The number of nitrogens with zero attached hydrogens (tertiary/aromatic N) is 3. The van der Waals surface area contributed by atoms with Crippen LogP contribution in [-0.4, -0.2) is 52.9 Å². The van der Waals surface area contributed by atoms with Crippen molar-refractivity contribution in [1.82, 2.24) is 14.4 Å². The van der Waals surface area contributed by atoms with Gasteiger partial charge >= 0.3 is 0 Å². The zero-order valence-corrected chi connectivity index (χ0v) is 12.8. The lowest BCUT2D eigenvalue weighted by molar-refractivity contribution is -0.127. The normalized spacial score (nSPS) is 17.9. The summed E-state index contributed by atoms with van der Waals surface area (Å²) >= 11 is 0. The minimum absolute atomic E-state index is 0.0515. The Kier molecular flexibility index (Phi) is 4.00. The van der Waals surface area contributed by atoms with E-state index in [4.69, 9.17) is 0 Å². The summed E-state index contributed by atoms with van der Waals surface area (Å²) in [6.07, 6.45) is 5.20. The third kappa shape index (κ3) is 3.05. The van der Waals surface area contributed by atoms with E-state index >= 15 is 0 Å². The molecule has 0 atom stereocenters. The topological polar surface area (TPSA) is 62.6 Å². The molecule has 0 N–H and O–H groups in total. The zero-order chi connectivity index (χ0) is 15.7. The summed E-state index contributed by atoms with van der Waals surface area (Å²) in [7, 11) is 1.73. The summed E-state index contributed by atoms with van der Waals surface area (Å²) in [5, 5.41) is 0. The molecule has 1 saturated heterocycles. The first-order chi connectivity index (χ1) is 10.6. The van der Waals surface area contributed by atoms with Crippen LogP contribution in [0, 0.1) is 0 Å². The molecule has 1 aromatic heterocycles. The minimum Gasteiger partial charge on any atom is -0.341 e. The van der Waals surface area contributed by atoms with E-state index in [0.717, 1.165) is 25.8 Å². The lowest BCUT2D eigenvalue weighted by Gasteiger charge is -2.22. The van der Waals surface area contributed by atoms with Gasteiger partial charge in [0.2, 0.25) is 5.91 Å². The van der Waals surface area contributed by atoms with Gasteiger partial charge in [-0.25, -0.2) is 0 Å². The molecule has 22 heavy (non-hydrogen) atoms. The number of likely N-dealkylation sites (N-methyl/N-ethyl adjacent to an activating group) is 1. The van der Waals surface area contributed by atoms with Crippen molar-refractivity contribution < 1.29 is 9.59 Å². The molecule has 0 radical (unpaired) electrons. The van der Waals surface area contributed by atoms with Crippen LogP contribution in [0.25, 0.3) is 0 Å². The number of hydrogen-bond acceptors (Lipinski definition) is 3. The maximum atomic E-state index is 12.4. The van der Waals surface area contributed by atoms with Crippen molar-refractivity contribution >= 4 is 11.8 Å². The highest BCUT2D eigenvalue weighted by atomic mass is 16.2. The highest BCUT2D eigenvalue weighted by Crippen LogP contribution is 2.33. The lowest BCUT2D eigenvalue weighted by Crippen LogP contribution is -2.37. The molecule has 2 aliphatic rings. The number of likely N-dealkylation sites (tertiary alicyclic amines) is 1. The van der Waals surface area contributed by atoms with Crippen LogP contribution < -0.4 is 5.56 Å². The molecular formula is C16H21N3O3. The third-order valence-corrected chi connectivity index (χ3v) is 4.35. The van der Waals surface area contributed by atoms with Crippen LogP contribution in [-0.2, 0) is 4.79 Å². The molecule has 2 amide bonds. The van der Waals surface area contributed by atoms with E-state index in [-0.39, 0.29) is 23.4 Å². The van der Waals surface area contributed by atoms with Crippen molar-refractivity contribution in [3.63, 3.8) is 0 Å². The summed E-state index contributed by atoms with van der Waals surface area (Å²) in [6, 6.07) is 3.30. The predicted molar refractivity (Wildman–Crippen MR) is 81.7 cm³/mol. The van der Waals surface area contributed by atoms with E-state index in [1.807, 2.05) is 0 Å². The van der Waals surface area contributed by atoms with Crippen LogP contribution >= 0.6 is 0 Å². The first-order valence-electron chi connectivity index (χ1n) is 7.81. The molecule has 2 heterocycles.